The van der Waals surface area contributed by atoms with Crippen LogP contribution in [0, 0.1) is 6.92 Å². The van der Waals surface area contributed by atoms with Crippen LogP contribution in [-0.4, -0.2) is 28.0 Å². The molecule has 0 saturated carbocycles. The van der Waals surface area contributed by atoms with Crippen LogP contribution in [0.1, 0.15) is 23.1 Å². The Morgan fingerprint density at radius 2 is 2.20 bits per heavy atom. The molecule has 4 heteroatoms. The van der Waals surface area contributed by atoms with Crippen molar-refractivity contribution in [1.29, 1.82) is 0 Å². The van der Waals surface area contributed by atoms with E-state index < -0.39 is 0 Å². The number of aliphatic hydroxyl groups is 1. The molecule has 0 amide bonds. The molecule has 0 saturated heterocycles. The second kappa shape index (κ2) is 6.20. The number of hydrogen-bond donors (Lipinski definition) is 2. The van der Waals surface area contributed by atoms with E-state index >= 15 is 0 Å². The van der Waals surface area contributed by atoms with Crippen LogP contribution in [-0.2, 0) is 18.9 Å². The third-order valence-electron chi connectivity index (χ3n) is 3.97. The summed E-state index contributed by atoms with van der Waals surface area (Å²) < 4.78 is 1.80. The van der Waals surface area contributed by atoms with Gasteiger partial charge in [-0.05, 0) is 30.9 Å². The van der Waals surface area contributed by atoms with Crippen molar-refractivity contribution in [3.05, 3.63) is 53.3 Å². The molecule has 20 heavy (non-hydrogen) atoms. The van der Waals surface area contributed by atoms with Gasteiger partial charge in [-0.15, -0.1) is 0 Å². The average molecular weight is 273 g/mol. The third kappa shape index (κ3) is 3.08. The number of aliphatic hydroxyl groups excluding tert-OH is 1. The van der Waals surface area contributed by atoms with Crippen molar-refractivity contribution in [1.82, 2.24) is 9.78 Å². The molecule has 1 unspecified atom stereocenters. The zero-order valence-electron chi connectivity index (χ0n) is 12.2. The van der Waals surface area contributed by atoms with Gasteiger partial charge in [-0.1, -0.05) is 29.8 Å². The highest BCUT2D eigenvalue weighted by atomic mass is 16.3. The minimum atomic E-state index is -0.373. The van der Waals surface area contributed by atoms with Gasteiger partial charge in [-0.3, -0.25) is 4.68 Å². The minimum absolute atomic E-state index is 0.0627. The topological polar surface area (TPSA) is 64.1 Å². The predicted molar refractivity (Wildman–Crippen MR) is 80.5 cm³/mol. The first kappa shape index (κ1) is 14.8. The lowest BCUT2D eigenvalue weighted by atomic mass is 9.76. The summed E-state index contributed by atoms with van der Waals surface area (Å²) >= 11 is 0. The second-order valence-corrected chi connectivity index (χ2v) is 5.53. The molecule has 2 rings (SSSR count). The van der Waals surface area contributed by atoms with Crippen LogP contribution in [0.15, 0.2) is 36.7 Å². The lowest BCUT2D eigenvalue weighted by molar-refractivity contribution is 0.188. The first-order valence-corrected chi connectivity index (χ1v) is 6.95. The van der Waals surface area contributed by atoms with Gasteiger partial charge in [-0.25, -0.2) is 0 Å². The largest absolute Gasteiger partial charge is 0.395 e. The van der Waals surface area contributed by atoms with Crippen LogP contribution in [0.4, 0.5) is 0 Å². The van der Waals surface area contributed by atoms with Crippen LogP contribution in [0.3, 0.4) is 0 Å². The lowest BCUT2D eigenvalue weighted by Gasteiger charge is -2.31. The van der Waals surface area contributed by atoms with Crippen molar-refractivity contribution < 1.29 is 5.11 Å². The highest BCUT2D eigenvalue weighted by molar-refractivity contribution is 5.30. The van der Waals surface area contributed by atoms with Gasteiger partial charge in [-0.2, -0.15) is 5.10 Å². The molecule has 0 radical (unpaired) electrons. The maximum atomic E-state index is 9.90. The Labute approximate surface area is 120 Å². The van der Waals surface area contributed by atoms with E-state index in [2.05, 4.69) is 30.2 Å². The van der Waals surface area contributed by atoms with Gasteiger partial charge in [0.1, 0.15) is 0 Å². The number of aryl methyl sites for hydroxylation is 3. The Morgan fingerprint density at radius 3 is 2.75 bits per heavy atom. The fourth-order valence-corrected chi connectivity index (χ4v) is 2.56. The maximum Gasteiger partial charge on any atom is 0.0540 e. The molecule has 0 aliphatic carbocycles. The van der Waals surface area contributed by atoms with Crippen LogP contribution in [0.2, 0.25) is 0 Å². The summed E-state index contributed by atoms with van der Waals surface area (Å²) in [4.78, 5) is 0. The van der Waals surface area contributed by atoms with Crippen molar-refractivity contribution in [2.45, 2.75) is 25.2 Å². The van der Waals surface area contributed by atoms with Crippen LogP contribution >= 0.6 is 0 Å². The van der Waals surface area contributed by atoms with E-state index in [1.807, 2.05) is 25.5 Å². The van der Waals surface area contributed by atoms with Gasteiger partial charge < -0.3 is 10.8 Å². The summed E-state index contributed by atoms with van der Waals surface area (Å²) in [6.07, 6.45) is 5.55. The Kier molecular flexibility index (Phi) is 4.57. The van der Waals surface area contributed by atoms with Crippen molar-refractivity contribution in [3.8, 4) is 0 Å². The predicted octanol–water partition coefficient (Wildman–Crippen LogP) is 1.55. The lowest BCUT2D eigenvalue weighted by Crippen LogP contribution is -2.39. The molecule has 3 N–H and O–H groups in total. The van der Waals surface area contributed by atoms with Gasteiger partial charge in [0.05, 0.1) is 12.8 Å². The SMILES string of the molecule is Cc1cccc(C(CN)(CO)CCc2cnn(C)c2)c1. The monoisotopic (exact) mass is 273 g/mol. The van der Waals surface area contributed by atoms with E-state index in [9.17, 15) is 5.11 Å². The van der Waals surface area contributed by atoms with E-state index in [0.717, 1.165) is 18.4 Å². The summed E-state index contributed by atoms with van der Waals surface area (Å²) in [6.45, 7) is 2.56. The Bertz CT molecular complexity index is 558. The highest BCUT2D eigenvalue weighted by Crippen LogP contribution is 2.29. The van der Waals surface area contributed by atoms with E-state index in [4.69, 9.17) is 5.73 Å². The zero-order valence-corrected chi connectivity index (χ0v) is 12.2. The molecule has 1 heterocycles. The molecule has 0 spiro atoms. The molecule has 1 aromatic heterocycles. The van der Waals surface area contributed by atoms with E-state index in [1.54, 1.807) is 4.68 Å². The summed E-state index contributed by atoms with van der Waals surface area (Å²) in [7, 11) is 1.91. The normalized spacial score (nSPS) is 14.2. The molecular weight excluding hydrogens is 250 g/mol. The number of aromatic nitrogens is 2. The molecule has 0 aliphatic rings. The molecule has 1 aromatic carbocycles. The third-order valence-corrected chi connectivity index (χ3v) is 3.97. The molecule has 4 nitrogen and oxygen atoms in total. The van der Waals surface area contributed by atoms with Gasteiger partial charge in [0, 0.05) is 25.2 Å². The van der Waals surface area contributed by atoms with Crippen LogP contribution < -0.4 is 5.73 Å². The van der Waals surface area contributed by atoms with Crippen LogP contribution in [0.5, 0.6) is 0 Å². The number of rotatable bonds is 6. The molecule has 0 fully saturated rings. The molecular formula is C16H23N3O. The van der Waals surface area contributed by atoms with Gasteiger partial charge >= 0.3 is 0 Å². The summed E-state index contributed by atoms with van der Waals surface area (Å²) in [6, 6.07) is 8.25. The molecule has 1 atom stereocenters. The minimum Gasteiger partial charge on any atom is -0.395 e. The van der Waals surface area contributed by atoms with E-state index in [-0.39, 0.29) is 12.0 Å². The summed E-state index contributed by atoms with van der Waals surface area (Å²) in [5.41, 5.74) is 9.10. The second-order valence-electron chi connectivity index (χ2n) is 5.53. The van der Waals surface area contributed by atoms with Crippen molar-refractivity contribution in [3.63, 3.8) is 0 Å². The zero-order chi connectivity index (χ0) is 14.6. The molecule has 0 aliphatic heterocycles. The first-order chi connectivity index (χ1) is 9.59. The van der Waals surface area contributed by atoms with Crippen molar-refractivity contribution >= 4 is 0 Å². The summed E-state index contributed by atoms with van der Waals surface area (Å²) in [5, 5.41) is 14.1. The van der Waals surface area contributed by atoms with Gasteiger partial charge in [0.15, 0.2) is 0 Å². The van der Waals surface area contributed by atoms with E-state index in [1.165, 1.54) is 11.1 Å². The van der Waals surface area contributed by atoms with Crippen LogP contribution in [0.25, 0.3) is 0 Å². The average Bonchev–Trinajstić information content (AvgIpc) is 2.86. The first-order valence-electron chi connectivity index (χ1n) is 6.95. The highest BCUT2D eigenvalue weighted by Gasteiger charge is 2.30. The number of hydrogen-bond acceptors (Lipinski definition) is 3. The Hall–Kier alpha value is -1.65. The summed E-state index contributed by atoms with van der Waals surface area (Å²) in [5.74, 6) is 0. The molecule has 2 aromatic rings. The fraction of sp³-hybridized carbons (Fsp3) is 0.438. The number of benzene rings is 1. The Morgan fingerprint density at radius 1 is 1.40 bits per heavy atom. The standard InChI is InChI=1S/C16H23N3O/c1-13-4-3-5-15(8-13)16(11-17,12-20)7-6-14-9-18-19(2)10-14/h3-5,8-10,20H,6-7,11-12,17H2,1-2H3. The van der Waals surface area contributed by atoms with E-state index in [0.29, 0.717) is 6.54 Å². The molecule has 0 bridgehead atoms. The van der Waals surface area contributed by atoms with Gasteiger partial charge in [0.2, 0.25) is 0 Å². The molecule has 108 valence electrons. The smallest absolute Gasteiger partial charge is 0.0540 e. The van der Waals surface area contributed by atoms with Crippen molar-refractivity contribution in [2.24, 2.45) is 12.8 Å². The van der Waals surface area contributed by atoms with Crippen molar-refractivity contribution in [2.75, 3.05) is 13.2 Å². The fourth-order valence-electron chi connectivity index (χ4n) is 2.56. The van der Waals surface area contributed by atoms with Gasteiger partial charge in [0.25, 0.3) is 0 Å². The number of nitrogens with zero attached hydrogens (tertiary/aromatic N) is 2. The number of nitrogens with two attached hydrogens (primary N) is 1. The Balaban J connectivity index is 2.20. The maximum absolute atomic E-state index is 9.90. The quantitative estimate of drug-likeness (QED) is 0.839.